The van der Waals surface area contributed by atoms with E-state index in [9.17, 15) is 4.79 Å². The van der Waals surface area contributed by atoms with Gasteiger partial charge in [0.15, 0.2) is 12.0 Å². The highest BCUT2D eigenvalue weighted by Crippen LogP contribution is 2.22. The number of imidazole rings is 1. The molecule has 1 N–H and O–H groups in total. The monoisotopic (exact) mass is 405 g/mol. The van der Waals surface area contributed by atoms with Crippen molar-refractivity contribution in [1.29, 1.82) is 5.26 Å². The van der Waals surface area contributed by atoms with Crippen molar-refractivity contribution in [1.82, 2.24) is 24.2 Å². The Morgan fingerprint density at radius 1 is 1.30 bits per heavy atom. The fourth-order valence-electron chi connectivity index (χ4n) is 3.47. The van der Waals surface area contributed by atoms with Gasteiger partial charge in [0.2, 0.25) is 5.91 Å². The van der Waals surface area contributed by atoms with Crippen LogP contribution in [-0.2, 0) is 16.1 Å². The molecule has 30 heavy (non-hydrogen) atoms. The number of aromatic nitrogens is 4. The number of carbonyl (C=O) groups excluding carboxylic acids is 1. The van der Waals surface area contributed by atoms with Crippen LogP contribution >= 0.6 is 0 Å². The van der Waals surface area contributed by atoms with Crippen LogP contribution in [-0.4, -0.2) is 56.9 Å². The summed E-state index contributed by atoms with van der Waals surface area (Å²) in [5.41, 5.74) is 3.05. The Morgan fingerprint density at radius 2 is 2.13 bits per heavy atom. The second kappa shape index (κ2) is 8.80. The largest absolute Gasteiger partial charge is 0.383 e. The molecule has 3 heterocycles. The molecule has 0 radical (unpaired) electrons. The van der Waals surface area contributed by atoms with Crippen LogP contribution in [0.25, 0.3) is 16.8 Å². The van der Waals surface area contributed by atoms with Gasteiger partial charge in [-0.25, -0.2) is 4.98 Å². The van der Waals surface area contributed by atoms with Crippen molar-refractivity contribution in [2.24, 2.45) is 5.92 Å². The van der Waals surface area contributed by atoms with E-state index >= 15 is 0 Å². The Morgan fingerprint density at radius 3 is 2.87 bits per heavy atom. The molecule has 0 spiro atoms. The van der Waals surface area contributed by atoms with Crippen molar-refractivity contribution in [2.45, 2.75) is 13.0 Å². The quantitative estimate of drug-likeness (QED) is 0.604. The molecular formula is C21H23N7O2. The van der Waals surface area contributed by atoms with Crippen molar-refractivity contribution in [3.8, 4) is 23.0 Å². The highest BCUT2D eigenvalue weighted by Gasteiger charge is 2.28. The maximum Gasteiger partial charge on any atom is 0.230 e. The fourth-order valence-corrected chi connectivity index (χ4v) is 3.47. The molecule has 1 atom stereocenters. The Bertz CT molecular complexity index is 1050. The lowest BCUT2D eigenvalue weighted by molar-refractivity contribution is -0.119. The van der Waals surface area contributed by atoms with Gasteiger partial charge in [0.25, 0.3) is 0 Å². The van der Waals surface area contributed by atoms with Gasteiger partial charge < -0.3 is 19.5 Å². The third kappa shape index (κ3) is 4.34. The molecule has 154 valence electrons. The predicted octanol–water partition coefficient (Wildman–Crippen LogP) is 2.12. The summed E-state index contributed by atoms with van der Waals surface area (Å²) in [5, 5.41) is 16.1. The van der Waals surface area contributed by atoms with Crippen LogP contribution in [0, 0.1) is 17.4 Å². The number of hydrogen-bond donors (Lipinski definition) is 1. The van der Waals surface area contributed by atoms with E-state index in [2.05, 4.69) is 21.6 Å². The molecule has 0 bridgehead atoms. The first-order chi connectivity index (χ1) is 14.7. The minimum absolute atomic E-state index is 0.0983. The molecule has 3 aromatic rings. The first-order valence-electron chi connectivity index (χ1n) is 9.78. The zero-order valence-corrected chi connectivity index (χ0v) is 16.7. The van der Waals surface area contributed by atoms with E-state index in [1.807, 2.05) is 45.9 Å². The fraction of sp³-hybridized carbons (Fsp3) is 0.333. The highest BCUT2D eigenvalue weighted by atomic mass is 16.5. The van der Waals surface area contributed by atoms with E-state index < -0.39 is 0 Å². The van der Waals surface area contributed by atoms with E-state index in [0.717, 1.165) is 16.8 Å². The lowest BCUT2D eigenvalue weighted by atomic mass is 10.1. The van der Waals surface area contributed by atoms with Gasteiger partial charge in [-0.1, -0.05) is 12.1 Å². The summed E-state index contributed by atoms with van der Waals surface area (Å²) in [4.78, 5) is 18.3. The first-order valence-corrected chi connectivity index (χ1v) is 9.78. The van der Waals surface area contributed by atoms with Crippen LogP contribution in [0.1, 0.15) is 6.42 Å². The molecule has 9 nitrogen and oxygen atoms in total. The van der Waals surface area contributed by atoms with Crippen molar-refractivity contribution < 1.29 is 9.53 Å². The maximum atomic E-state index is 12.4. The van der Waals surface area contributed by atoms with Crippen LogP contribution in [0.3, 0.4) is 0 Å². The molecule has 1 unspecified atom stereocenters. The van der Waals surface area contributed by atoms with E-state index in [1.165, 1.54) is 0 Å². The van der Waals surface area contributed by atoms with Gasteiger partial charge in [-0.2, -0.15) is 10.4 Å². The van der Waals surface area contributed by atoms with Crippen molar-refractivity contribution >= 4 is 11.7 Å². The molecule has 2 aromatic heterocycles. The molecular weight excluding hydrogens is 382 g/mol. The van der Waals surface area contributed by atoms with Crippen molar-refractivity contribution in [3.63, 3.8) is 0 Å². The summed E-state index contributed by atoms with van der Waals surface area (Å²) in [6.07, 6.45) is 10.1. The number of amides is 1. The van der Waals surface area contributed by atoms with Gasteiger partial charge in [-0.3, -0.25) is 9.48 Å². The van der Waals surface area contributed by atoms with Crippen LogP contribution in [0.2, 0.25) is 0 Å². The lowest BCUT2D eigenvalue weighted by Gasteiger charge is -2.09. The average molecular weight is 405 g/mol. The first kappa shape index (κ1) is 19.7. The van der Waals surface area contributed by atoms with Crippen molar-refractivity contribution in [2.75, 3.05) is 32.1 Å². The predicted molar refractivity (Wildman–Crippen MR) is 111 cm³/mol. The number of anilines is 1. The minimum atomic E-state index is -0.182. The standard InChI is InChI=1S/C21H23N7O2/c1-30-9-8-28-12-18(10-24-28)16-2-4-19(5-3-16)27-13-20(23-15-27)25-21(29)17-6-7-26(11-17)14-22/h2-5,10,12-13,15,17H,6-9,11H2,1H3,(H,25,29). The summed E-state index contributed by atoms with van der Waals surface area (Å²) >= 11 is 0. The zero-order chi connectivity index (χ0) is 20.9. The number of ether oxygens (including phenoxy) is 1. The van der Waals surface area contributed by atoms with Crippen LogP contribution in [0.15, 0.2) is 49.2 Å². The van der Waals surface area contributed by atoms with Gasteiger partial charge in [-0.05, 0) is 24.1 Å². The number of nitrogens with zero attached hydrogens (tertiary/aromatic N) is 6. The second-order valence-electron chi connectivity index (χ2n) is 7.22. The number of rotatable bonds is 7. The SMILES string of the molecule is COCCn1cc(-c2ccc(-n3cnc(NC(=O)C4CCN(C#N)C4)c3)cc2)cn1. The molecule has 9 heteroatoms. The normalized spacial score (nSPS) is 15.9. The van der Waals surface area contributed by atoms with Gasteiger partial charge in [0.1, 0.15) is 6.33 Å². The Labute approximate surface area is 174 Å². The molecule has 1 aliphatic heterocycles. The van der Waals surface area contributed by atoms with E-state index in [-0.39, 0.29) is 11.8 Å². The number of benzene rings is 1. The van der Waals surface area contributed by atoms with Gasteiger partial charge in [0, 0.05) is 37.6 Å². The number of hydrogen-bond acceptors (Lipinski definition) is 6. The highest BCUT2D eigenvalue weighted by molar-refractivity contribution is 5.92. The smallest absolute Gasteiger partial charge is 0.230 e. The number of methoxy groups -OCH3 is 1. The molecule has 1 aliphatic rings. The number of carbonyl (C=O) groups is 1. The molecule has 0 aliphatic carbocycles. The molecule has 0 saturated carbocycles. The summed E-state index contributed by atoms with van der Waals surface area (Å²) < 4.78 is 8.80. The molecule has 4 rings (SSSR count). The zero-order valence-electron chi connectivity index (χ0n) is 16.7. The number of nitrogens with one attached hydrogen (secondary N) is 1. The molecule has 1 aromatic carbocycles. The average Bonchev–Trinajstić information content (AvgIpc) is 3.53. The third-order valence-corrected chi connectivity index (χ3v) is 5.19. The van der Waals surface area contributed by atoms with Crippen LogP contribution in [0.4, 0.5) is 5.82 Å². The Kier molecular flexibility index (Phi) is 5.77. The van der Waals surface area contributed by atoms with Gasteiger partial charge in [0.05, 0.1) is 31.5 Å². The summed E-state index contributed by atoms with van der Waals surface area (Å²) in [7, 11) is 1.67. The minimum Gasteiger partial charge on any atom is -0.383 e. The van der Waals surface area contributed by atoms with Crippen molar-refractivity contribution in [3.05, 3.63) is 49.2 Å². The molecule has 1 saturated heterocycles. The molecule has 1 fully saturated rings. The summed E-state index contributed by atoms with van der Waals surface area (Å²) in [6.45, 7) is 2.43. The summed E-state index contributed by atoms with van der Waals surface area (Å²) in [5.74, 6) is 0.219. The van der Waals surface area contributed by atoms with Gasteiger partial charge in [-0.15, -0.1) is 0 Å². The Hall–Kier alpha value is -3.64. The molecule has 1 amide bonds. The Balaban J connectivity index is 1.39. The van der Waals surface area contributed by atoms with Crippen LogP contribution < -0.4 is 5.32 Å². The topological polar surface area (TPSA) is 101 Å². The van der Waals surface area contributed by atoms with E-state index in [4.69, 9.17) is 10.00 Å². The maximum absolute atomic E-state index is 12.4. The lowest BCUT2D eigenvalue weighted by Crippen LogP contribution is -2.25. The van der Waals surface area contributed by atoms with Gasteiger partial charge >= 0.3 is 0 Å². The number of likely N-dealkylation sites (tertiary alicyclic amines) is 1. The third-order valence-electron chi connectivity index (χ3n) is 5.19. The van der Waals surface area contributed by atoms with E-state index in [1.54, 1.807) is 24.5 Å². The van der Waals surface area contributed by atoms with Crippen LogP contribution in [0.5, 0.6) is 0 Å². The van der Waals surface area contributed by atoms with E-state index in [0.29, 0.717) is 38.5 Å². The summed E-state index contributed by atoms with van der Waals surface area (Å²) in [6, 6.07) is 8.05. The second-order valence-corrected chi connectivity index (χ2v) is 7.22. The number of nitriles is 1.